The molecule has 3 heterocycles. The van der Waals surface area contributed by atoms with Gasteiger partial charge >= 0.3 is 12.1 Å². The van der Waals surface area contributed by atoms with Gasteiger partial charge in [-0.3, -0.25) is 9.69 Å². The molecule has 0 bridgehead atoms. The zero-order chi connectivity index (χ0) is 23.2. The van der Waals surface area contributed by atoms with Gasteiger partial charge in [-0.2, -0.15) is 18.3 Å². The van der Waals surface area contributed by atoms with Crippen molar-refractivity contribution < 1.29 is 32.6 Å². The summed E-state index contributed by atoms with van der Waals surface area (Å²) in [6.45, 7) is 6.56. The summed E-state index contributed by atoms with van der Waals surface area (Å²) >= 11 is 0. The van der Waals surface area contributed by atoms with E-state index < -0.39 is 12.1 Å². The monoisotopic (exact) mass is 447 g/mol. The van der Waals surface area contributed by atoms with Gasteiger partial charge in [0, 0.05) is 39.8 Å². The van der Waals surface area contributed by atoms with Gasteiger partial charge in [0.25, 0.3) is 0 Å². The highest BCUT2D eigenvalue weighted by atomic mass is 19.4. The summed E-state index contributed by atoms with van der Waals surface area (Å²) < 4.78 is 36.9. The van der Waals surface area contributed by atoms with Crippen molar-refractivity contribution in [2.24, 2.45) is 0 Å². The van der Waals surface area contributed by atoms with E-state index in [9.17, 15) is 18.0 Å². The highest BCUT2D eigenvalue weighted by molar-refractivity contribution is 5.87. The number of methoxy groups -OCH3 is 1. The highest BCUT2D eigenvalue weighted by Crippen LogP contribution is 2.33. The predicted molar refractivity (Wildman–Crippen MR) is 106 cm³/mol. The van der Waals surface area contributed by atoms with Crippen LogP contribution in [0.25, 0.3) is 0 Å². The number of alkyl halides is 3. The molecular formula is C19H28F3N5O4. The molecule has 0 radical (unpaired) electrons. The molecule has 1 amide bonds. The second-order valence-electron chi connectivity index (χ2n) is 7.56. The maximum atomic E-state index is 13.1. The molecule has 9 nitrogen and oxygen atoms in total. The normalized spacial score (nSPS) is 19.2. The predicted octanol–water partition coefficient (Wildman–Crippen LogP) is 1.18. The molecule has 12 heteroatoms. The van der Waals surface area contributed by atoms with Crippen LogP contribution >= 0.6 is 0 Å². The minimum absolute atomic E-state index is 0.253. The van der Waals surface area contributed by atoms with Crippen molar-refractivity contribution in [3.63, 3.8) is 0 Å². The van der Waals surface area contributed by atoms with Crippen LogP contribution < -0.4 is 4.90 Å². The molecule has 0 atom stereocenters. The number of aromatic nitrogens is 2. The molecule has 2 fully saturated rings. The standard InChI is InChI=1S/C17H27N5O2.C2HF3O2/c1-14-4-5-15(19-18-14)21-8-6-17(7-9-21)16(23)22(12-13-24-3)11-10-20(17)2;3-2(4,5)1(6)7/h4-5H,6-13H2,1-3H3;(H,6,7). The summed E-state index contributed by atoms with van der Waals surface area (Å²) in [5.41, 5.74) is 0.545. The fourth-order valence-electron chi connectivity index (χ4n) is 3.72. The Bertz CT molecular complexity index is 750. The van der Waals surface area contributed by atoms with Crippen molar-refractivity contribution in [2.45, 2.75) is 31.5 Å². The van der Waals surface area contributed by atoms with E-state index in [0.29, 0.717) is 13.2 Å². The van der Waals surface area contributed by atoms with Crippen LogP contribution in [0.2, 0.25) is 0 Å². The first-order valence-corrected chi connectivity index (χ1v) is 9.86. The minimum Gasteiger partial charge on any atom is -0.475 e. The Balaban J connectivity index is 0.000000423. The van der Waals surface area contributed by atoms with Gasteiger partial charge in [0.05, 0.1) is 12.3 Å². The van der Waals surface area contributed by atoms with Gasteiger partial charge in [0.15, 0.2) is 5.82 Å². The first kappa shape index (κ1) is 24.8. The summed E-state index contributed by atoms with van der Waals surface area (Å²) in [7, 11) is 3.75. The van der Waals surface area contributed by atoms with Crippen LogP contribution in [0.4, 0.5) is 19.0 Å². The SMILES string of the molecule is COCCN1CCN(C)C2(CCN(c3ccc(C)nn3)CC2)C1=O.O=C(O)C(F)(F)F. The van der Waals surface area contributed by atoms with Gasteiger partial charge in [0.1, 0.15) is 5.54 Å². The Morgan fingerprint density at radius 1 is 1.19 bits per heavy atom. The maximum absolute atomic E-state index is 13.1. The molecular weight excluding hydrogens is 419 g/mol. The number of halogens is 3. The van der Waals surface area contributed by atoms with Crippen molar-refractivity contribution in [2.75, 3.05) is 58.4 Å². The second kappa shape index (κ2) is 10.2. The summed E-state index contributed by atoms with van der Waals surface area (Å²) in [5.74, 6) is -1.60. The van der Waals surface area contributed by atoms with E-state index in [1.54, 1.807) is 7.11 Å². The van der Waals surface area contributed by atoms with E-state index in [1.165, 1.54) is 0 Å². The first-order valence-electron chi connectivity index (χ1n) is 9.86. The molecule has 0 unspecified atom stereocenters. The van der Waals surface area contributed by atoms with Crippen LogP contribution in [-0.2, 0) is 14.3 Å². The van der Waals surface area contributed by atoms with Gasteiger partial charge in [0.2, 0.25) is 5.91 Å². The molecule has 1 N–H and O–H groups in total. The molecule has 31 heavy (non-hydrogen) atoms. The van der Waals surface area contributed by atoms with Crippen LogP contribution in [0.15, 0.2) is 12.1 Å². The van der Waals surface area contributed by atoms with E-state index in [1.807, 2.05) is 24.0 Å². The molecule has 1 aromatic heterocycles. The zero-order valence-electron chi connectivity index (χ0n) is 17.9. The van der Waals surface area contributed by atoms with Gasteiger partial charge in [-0.1, -0.05) is 0 Å². The number of carboxylic acid groups (broad SMARTS) is 1. The third-order valence-corrected chi connectivity index (χ3v) is 5.63. The number of carboxylic acids is 1. The number of piperidine rings is 1. The number of anilines is 1. The van der Waals surface area contributed by atoms with E-state index in [2.05, 4.69) is 27.0 Å². The molecule has 0 aromatic carbocycles. The topological polar surface area (TPSA) is 99.1 Å². The summed E-state index contributed by atoms with van der Waals surface area (Å²) in [4.78, 5) is 28.4. The Kier molecular flexibility index (Phi) is 8.18. The first-order chi connectivity index (χ1) is 14.5. The zero-order valence-corrected chi connectivity index (χ0v) is 17.9. The molecule has 1 spiro atoms. The van der Waals surface area contributed by atoms with Gasteiger partial charge in [-0.25, -0.2) is 4.79 Å². The third kappa shape index (κ3) is 6.03. The minimum atomic E-state index is -5.08. The van der Waals surface area contributed by atoms with Crippen LogP contribution in [0.5, 0.6) is 0 Å². The number of aryl methyl sites for hydroxylation is 1. The fraction of sp³-hybridized carbons (Fsp3) is 0.684. The van der Waals surface area contributed by atoms with Crippen molar-refractivity contribution in [1.29, 1.82) is 0 Å². The lowest BCUT2D eigenvalue weighted by molar-refractivity contribution is -0.192. The largest absolute Gasteiger partial charge is 0.490 e. The van der Waals surface area contributed by atoms with Crippen LogP contribution in [-0.4, -0.2) is 102 Å². The number of ether oxygens (including phenoxy) is 1. The number of hydrogen-bond acceptors (Lipinski definition) is 7. The van der Waals surface area contributed by atoms with E-state index in [0.717, 1.165) is 50.5 Å². The van der Waals surface area contributed by atoms with E-state index in [-0.39, 0.29) is 11.4 Å². The number of hydrogen-bond donors (Lipinski definition) is 1. The second-order valence-corrected chi connectivity index (χ2v) is 7.56. The summed E-state index contributed by atoms with van der Waals surface area (Å²) in [6, 6.07) is 3.99. The Morgan fingerprint density at radius 3 is 2.29 bits per heavy atom. The molecule has 0 saturated carbocycles. The number of carbonyl (C=O) groups excluding carboxylic acids is 1. The number of nitrogens with zero attached hydrogens (tertiary/aromatic N) is 5. The van der Waals surface area contributed by atoms with E-state index in [4.69, 9.17) is 14.6 Å². The summed E-state index contributed by atoms with van der Waals surface area (Å²) in [6.07, 6.45) is -3.44. The van der Waals surface area contributed by atoms with E-state index >= 15 is 0 Å². The van der Waals surface area contributed by atoms with Crippen LogP contribution in [0.3, 0.4) is 0 Å². The lowest BCUT2D eigenvalue weighted by Crippen LogP contribution is -2.68. The third-order valence-electron chi connectivity index (χ3n) is 5.63. The molecule has 174 valence electrons. The molecule has 3 rings (SSSR count). The Labute approximate surface area is 178 Å². The quantitative estimate of drug-likeness (QED) is 0.735. The smallest absolute Gasteiger partial charge is 0.475 e. The highest BCUT2D eigenvalue weighted by Gasteiger charge is 2.49. The van der Waals surface area contributed by atoms with Crippen molar-refractivity contribution in [1.82, 2.24) is 20.0 Å². The Hall–Kier alpha value is -2.47. The van der Waals surface area contributed by atoms with Crippen LogP contribution in [0, 0.1) is 6.92 Å². The van der Waals surface area contributed by atoms with Crippen molar-refractivity contribution in [3.8, 4) is 0 Å². The molecule has 0 aliphatic carbocycles. The fourth-order valence-corrected chi connectivity index (χ4v) is 3.72. The lowest BCUT2D eigenvalue weighted by Gasteiger charge is -2.51. The number of likely N-dealkylation sites (N-methyl/N-ethyl adjacent to an activating group) is 1. The summed E-state index contributed by atoms with van der Waals surface area (Å²) in [5, 5.41) is 15.5. The van der Waals surface area contributed by atoms with Gasteiger partial charge in [-0.05, 0) is 38.9 Å². The molecule has 2 saturated heterocycles. The number of amides is 1. The number of aliphatic carboxylic acids is 1. The van der Waals surface area contributed by atoms with Crippen molar-refractivity contribution in [3.05, 3.63) is 17.8 Å². The average Bonchev–Trinajstić information content (AvgIpc) is 2.73. The lowest BCUT2D eigenvalue weighted by atomic mass is 9.82. The van der Waals surface area contributed by atoms with Crippen molar-refractivity contribution >= 4 is 17.7 Å². The molecule has 2 aliphatic heterocycles. The number of rotatable bonds is 4. The maximum Gasteiger partial charge on any atom is 0.490 e. The Morgan fingerprint density at radius 2 is 1.81 bits per heavy atom. The molecule has 1 aromatic rings. The van der Waals surface area contributed by atoms with Gasteiger partial charge in [-0.15, -0.1) is 5.10 Å². The number of piperazine rings is 1. The molecule has 2 aliphatic rings. The average molecular weight is 447 g/mol. The van der Waals surface area contributed by atoms with Gasteiger partial charge < -0.3 is 19.6 Å². The van der Waals surface area contributed by atoms with Crippen LogP contribution in [0.1, 0.15) is 18.5 Å². The number of carbonyl (C=O) groups is 2.